The lowest BCUT2D eigenvalue weighted by molar-refractivity contribution is -0.490. The summed E-state index contributed by atoms with van der Waals surface area (Å²) < 4.78 is 0. The number of nitro groups is 1. The Morgan fingerprint density at radius 3 is 2.82 bits per heavy atom. The van der Waals surface area contributed by atoms with E-state index in [1.165, 1.54) is 0 Å². The molecule has 0 rings (SSSR count). The van der Waals surface area contributed by atoms with Gasteiger partial charge in [-0.15, -0.1) is 6.58 Å². The molecule has 0 heterocycles. The lowest BCUT2D eigenvalue weighted by atomic mass is 10.1. The molecule has 64 valence electrons. The first-order valence-electron chi connectivity index (χ1n) is 3.57. The average Bonchev–Trinajstić information content (AvgIpc) is 1.86. The highest BCUT2D eigenvalue weighted by molar-refractivity contribution is 4.67. The van der Waals surface area contributed by atoms with E-state index in [4.69, 9.17) is 5.11 Å². The number of nitrogens with zero attached hydrogens (tertiary/aromatic N) is 1. The van der Waals surface area contributed by atoms with Gasteiger partial charge in [0.25, 0.3) is 0 Å². The number of aliphatic hydroxyl groups is 1. The zero-order valence-corrected chi connectivity index (χ0v) is 6.40. The van der Waals surface area contributed by atoms with E-state index in [9.17, 15) is 10.1 Å². The van der Waals surface area contributed by atoms with E-state index in [2.05, 4.69) is 6.58 Å². The minimum Gasteiger partial charge on any atom is -0.386 e. The highest BCUT2D eigenvalue weighted by Gasteiger charge is 2.09. The largest absolute Gasteiger partial charge is 0.386 e. The van der Waals surface area contributed by atoms with Crippen LogP contribution in [0.5, 0.6) is 0 Å². The van der Waals surface area contributed by atoms with Crippen molar-refractivity contribution in [2.24, 2.45) is 0 Å². The molecule has 0 aliphatic carbocycles. The fraction of sp³-hybridized carbons (Fsp3) is 0.714. The van der Waals surface area contributed by atoms with Crippen molar-refractivity contribution in [3.05, 3.63) is 22.8 Å². The third-order valence-corrected chi connectivity index (χ3v) is 1.31. The Labute approximate surface area is 65.7 Å². The molecular formula is C7H13NO3. The molecule has 0 fully saturated rings. The van der Waals surface area contributed by atoms with Gasteiger partial charge in [0.1, 0.15) is 6.10 Å². The van der Waals surface area contributed by atoms with Crippen LogP contribution in [0.2, 0.25) is 0 Å². The molecule has 0 aliphatic rings. The summed E-state index contributed by atoms with van der Waals surface area (Å²) in [6.45, 7) is 3.15. The maximum atomic E-state index is 9.87. The second-order valence-electron chi connectivity index (χ2n) is 2.39. The molecule has 1 atom stereocenters. The van der Waals surface area contributed by atoms with Crippen LogP contribution in [0.25, 0.3) is 0 Å². The van der Waals surface area contributed by atoms with E-state index >= 15 is 0 Å². The van der Waals surface area contributed by atoms with Crippen LogP contribution in [0.15, 0.2) is 12.7 Å². The second-order valence-corrected chi connectivity index (χ2v) is 2.39. The first-order chi connectivity index (χ1) is 5.16. The van der Waals surface area contributed by atoms with Crippen LogP contribution in [0.3, 0.4) is 0 Å². The van der Waals surface area contributed by atoms with Crippen LogP contribution in [0.4, 0.5) is 0 Å². The predicted molar refractivity (Wildman–Crippen MR) is 41.9 cm³/mol. The van der Waals surface area contributed by atoms with E-state index in [-0.39, 0.29) is 6.54 Å². The standard InChI is InChI=1S/C7H13NO3/c1-2-3-4-5-7(9)6-8(10)11/h2,7,9H,1,3-6H2/t7-/m0/s1. The first kappa shape index (κ1) is 10.1. The van der Waals surface area contributed by atoms with Gasteiger partial charge in [0.2, 0.25) is 6.54 Å². The van der Waals surface area contributed by atoms with Gasteiger partial charge in [0.15, 0.2) is 0 Å². The minimum absolute atomic E-state index is 0.350. The summed E-state index contributed by atoms with van der Waals surface area (Å²) in [4.78, 5) is 9.37. The molecule has 1 N–H and O–H groups in total. The highest BCUT2D eigenvalue weighted by Crippen LogP contribution is 2.00. The molecule has 4 heteroatoms. The maximum absolute atomic E-state index is 9.87. The van der Waals surface area contributed by atoms with Crippen molar-refractivity contribution in [1.29, 1.82) is 0 Å². The Morgan fingerprint density at radius 2 is 2.36 bits per heavy atom. The average molecular weight is 159 g/mol. The molecule has 0 aromatic rings. The zero-order valence-electron chi connectivity index (χ0n) is 6.40. The van der Waals surface area contributed by atoms with Crippen molar-refractivity contribution in [2.75, 3.05) is 6.54 Å². The molecule has 0 aliphatic heterocycles. The van der Waals surface area contributed by atoms with E-state index in [0.29, 0.717) is 6.42 Å². The summed E-state index contributed by atoms with van der Waals surface area (Å²) >= 11 is 0. The Bertz CT molecular complexity index is 136. The topological polar surface area (TPSA) is 63.4 Å². The molecular weight excluding hydrogens is 146 g/mol. The van der Waals surface area contributed by atoms with Crippen LogP contribution in [-0.2, 0) is 0 Å². The number of allylic oxidation sites excluding steroid dienone is 1. The van der Waals surface area contributed by atoms with E-state index < -0.39 is 11.0 Å². The molecule has 0 amide bonds. The molecule has 4 nitrogen and oxygen atoms in total. The fourth-order valence-electron chi connectivity index (χ4n) is 0.761. The summed E-state index contributed by atoms with van der Waals surface area (Å²) in [5, 5.41) is 18.8. The maximum Gasteiger partial charge on any atom is 0.229 e. The molecule has 11 heavy (non-hydrogen) atoms. The number of hydrogen-bond acceptors (Lipinski definition) is 3. The minimum atomic E-state index is -0.801. The molecule has 0 radical (unpaired) electrons. The third-order valence-electron chi connectivity index (χ3n) is 1.31. The third kappa shape index (κ3) is 6.99. The highest BCUT2D eigenvalue weighted by atomic mass is 16.6. The summed E-state index contributed by atoms with van der Waals surface area (Å²) in [5.41, 5.74) is 0. The van der Waals surface area contributed by atoms with Gasteiger partial charge < -0.3 is 5.11 Å². The summed E-state index contributed by atoms with van der Waals surface area (Å²) in [6.07, 6.45) is 2.98. The Balaban J connectivity index is 3.28. The second kappa shape index (κ2) is 5.85. The van der Waals surface area contributed by atoms with Gasteiger partial charge in [0, 0.05) is 4.92 Å². The molecule has 0 aromatic heterocycles. The molecule has 0 saturated heterocycles. The van der Waals surface area contributed by atoms with E-state index in [1.807, 2.05) is 0 Å². The summed E-state index contributed by atoms with van der Waals surface area (Å²) in [7, 11) is 0. The van der Waals surface area contributed by atoms with Gasteiger partial charge in [-0.05, 0) is 19.3 Å². The van der Waals surface area contributed by atoms with Crippen LogP contribution >= 0.6 is 0 Å². The number of aliphatic hydroxyl groups excluding tert-OH is 1. The molecule has 0 spiro atoms. The van der Waals surface area contributed by atoms with Crippen LogP contribution in [0.1, 0.15) is 19.3 Å². The van der Waals surface area contributed by atoms with Crippen molar-refractivity contribution in [1.82, 2.24) is 0 Å². The summed E-state index contributed by atoms with van der Waals surface area (Å²) in [6, 6.07) is 0. The molecule has 0 bridgehead atoms. The van der Waals surface area contributed by atoms with Gasteiger partial charge in [-0.2, -0.15) is 0 Å². The summed E-state index contributed by atoms with van der Waals surface area (Å²) in [5.74, 6) is 0. The quantitative estimate of drug-likeness (QED) is 0.272. The molecule has 0 unspecified atom stereocenters. The number of rotatable bonds is 6. The lowest BCUT2D eigenvalue weighted by Crippen LogP contribution is -2.18. The Morgan fingerprint density at radius 1 is 1.73 bits per heavy atom. The van der Waals surface area contributed by atoms with Gasteiger partial charge in [-0.1, -0.05) is 6.08 Å². The zero-order chi connectivity index (χ0) is 8.69. The predicted octanol–water partition coefficient (Wildman–Crippen LogP) is 0.980. The van der Waals surface area contributed by atoms with Gasteiger partial charge in [-0.25, -0.2) is 0 Å². The molecule has 0 saturated carbocycles. The Kier molecular flexibility index (Phi) is 5.37. The monoisotopic (exact) mass is 159 g/mol. The lowest BCUT2D eigenvalue weighted by Gasteiger charge is -2.02. The van der Waals surface area contributed by atoms with Crippen molar-refractivity contribution >= 4 is 0 Å². The smallest absolute Gasteiger partial charge is 0.229 e. The van der Waals surface area contributed by atoms with Crippen LogP contribution in [0, 0.1) is 10.1 Å². The number of unbranched alkanes of at least 4 members (excludes halogenated alkanes) is 1. The van der Waals surface area contributed by atoms with Crippen molar-refractivity contribution < 1.29 is 10.0 Å². The molecule has 0 aromatic carbocycles. The van der Waals surface area contributed by atoms with E-state index in [1.54, 1.807) is 6.08 Å². The van der Waals surface area contributed by atoms with Crippen LogP contribution in [-0.4, -0.2) is 22.7 Å². The fourth-order valence-corrected chi connectivity index (χ4v) is 0.761. The van der Waals surface area contributed by atoms with Crippen molar-refractivity contribution in [2.45, 2.75) is 25.4 Å². The SMILES string of the molecule is C=CCCC[C@H](O)C[N+](=O)[O-]. The number of hydrogen-bond donors (Lipinski definition) is 1. The van der Waals surface area contributed by atoms with E-state index in [0.717, 1.165) is 12.8 Å². The van der Waals surface area contributed by atoms with Gasteiger partial charge in [-0.3, -0.25) is 10.1 Å². The normalized spacial score (nSPS) is 12.5. The van der Waals surface area contributed by atoms with Crippen LogP contribution < -0.4 is 0 Å². The van der Waals surface area contributed by atoms with Crippen molar-refractivity contribution in [3.63, 3.8) is 0 Å². The van der Waals surface area contributed by atoms with Crippen molar-refractivity contribution in [3.8, 4) is 0 Å². The van der Waals surface area contributed by atoms with Gasteiger partial charge >= 0.3 is 0 Å². The van der Waals surface area contributed by atoms with Gasteiger partial charge in [0.05, 0.1) is 0 Å². The first-order valence-corrected chi connectivity index (χ1v) is 3.57. The Hall–Kier alpha value is -0.900.